The van der Waals surface area contributed by atoms with Crippen molar-refractivity contribution in [3.05, 3.63) is 18.0 Å². The van der Waals surface area contributed by atoms with Gasteiger partial charge in [-0.1, -0.05) is 13.3 Å². The van der Waals surface area contributed by atoms with Crippen LogP contribution in [0.3, 0.4) is 0 Å². The van der Waals surface area contributed by atoms with Crippen LogP contribution in [0.25, 0.3) is 0 Å². The Bertz CT molecular complexity index is 322. The van der Waals surface area contributed by atoms with Gasteiger partial charge >= 0.3 is 0 Å². The Balaban J connectivity index is 2.36. The van der Waals surface area contributed by atoms with Gasteiger partial charge in [-0.3, -0.25) is 9.48 Å². The molecular weight excluding hydrogens is 194 g/mol. The van der Waals surface area contributed by atoms with Gasteiger partial charge in [0.05, 0.1) is 17.9 Å². The Morgan fingerprint density at radius 1 is 1.73 bits per heavy atom. The molecule has 0 aliphatic rings. The van der Waals surface area contributed by atoms with Crippen LogP contribution in [-0.4, -0.2) is 33.4 Å². The zero-order valence-electron chi connectivity index (χ0n) is 9.10. The monoisotopic (exact) mass is 211 g/mol. The molecule has 0 aromatic carbocycles. The predicted molar refractivity (Wildman–Crippen MR) is 56.5 cm³/mol. The highest BCUT2D eigenvalue weighted by molar-refractivity contribution is 5.93. The van der Waals surface area contributed by atoms with Gasteiger partial charge in [0.15, 0.2) is 0 Å². The Morgan fingerprint density at radius 3 is 3.00 bits per heavy atom. The van der Waals surface area contributed by atoms with Gasteiger partial charge < -0.3 is 10.4 Å². The maximum atomic E-state index is 11.5. The van der Waals surface area contributed by atoms with E-state index in [2.05, 4.69) is 10.4 Å². The van der Waals surface area contributed by atoms with Crippen LogP contribution in [0.5, 0.6) is 0 Å². The highest BCUT2D eigenvalue weighted by Gasteiger charge is 2.09. The van der Waals surface area contributed by atoms with Crippen molar-refractivity contribution in [3.63, 3.8) is 0 Å². The lowest BCUT2D eigenvalue weighted by Gasteiger charge is -2.09. The van der Waals surface area contributed by atoms with Crippen LogP contribution in [0.2, 0.25) is 0 Å². The lowest BCUT2D eigenvalue weighted by Crippen LogP contribution is -2.31. The second-order valence-electron chi connectivity index (χ2n) is 3.56. The number of aryl methyl sites for hydroxylation is 1. The molecule has 1 heterocycles. The van der Waals surface area contributed by atoms with Crippen LogP contribution in [0.1, 0.15) is 30.1 Å². The quantitative estimate of drug-likeness (QED) is 0.736. The fraction of sp³-hybridized carbons (Fsp3) is 0.600. The number of carbonyl (C=O) groups is 1. The third-order valence-corrected chi connectivity index (χ3v) is 2.09. The number of hydrogen-bond acceptors (Lipinski definition) is 3. The summed E-state index contributed by atoms with van der Waals surface area (Å²) in [4.78, 5) is 11.5. The van der Waals surface area contributed by atoms with Gasteiger partial charge in [-0.25, -0.2) is 0 Å². The number of aliphatic hydroxyl groups excluding tert-OH is 1. The number of hydrogen-bond donors (Lipinski definition) is 2. The van der Waals surface area contributed by atoms with Gasteiger partial charge in [-0.2, -0.15) is 5.10 Å². The summed E-state index contributed by atoms with van der Waals surface area (Å²) in [6.45, 7) is 2.29. The van der Waals surface area contributed by atoms with E-state index in [0.717, 1.165) is 6.42 Å². The minimum absolute atomic E-state index is 0.196. The van der Waals surface area contributed by atoms with E-state index in [9.17, 15) is 9.90 Å². The zero-order chi connectivity index (χ0) is 11.3. The third kappa shape index (κ3) is 3.71. The number of aliphatic hydroxyl groups is 1. The van der Waals surface area contributed by atoms with Crippen molar-refractivity contribution in [1.82, 2.24) is 15.1 Å². The molecule has 0 bridgehead atoms. The van der Waals surface area contributed by atoms with E-state index in [1.807, 2.05) is 6.92 Å². The number of carbonyl (C=O) groups excluding carboxylic acids is 1. The molecule has 1 aromatic rings. The topological polar surface area (TPSA) is 67.2 Å². The summed E-state index contributed by atoms with van der Waals surface area (Å²) in [7, 11) is 1.75. The molecule has 1 aromatic heterocycles. The average Bonchev–Trinajstić information content (AvgIpc) is 2.62. The number of nitrogens with one attached hydrogen (secondary N) is 1. The molecule has 0 spiro atoms. The summed E-state index contributed by atoms with van der Waals surface area (Å²) >= 11 is 0. The number of aromatic nitrogens is 2. The average molecular weight is 211 g/mol. The molecule has 0 saturated heterocycles. The fourth-order valence-electron chi connectivity index (χ4n) is 1.29. The second kappa shape index (κ2) is 5.50. The van der Waals surface area contributed by atoms with E-state index in [1.54, 1.807) is 17.9 Å². The first-order valence-electron chi connectivity index (χ1n) is 5.08. The smallest absolute Gasteiger partial charge is 0.254 e. The van der Waals surface area contributed by atoms with Crippen molar-refractivity contribution < 1.29 is 9.90 Å². The molecule has 0 fully saturated rings. The molecule has 1 rings (SSSR count). The van der Waals surface area contributed by atoms with Crippen LogP contribution in [0.15, 0.2) is 12.4 Å². The molecule has 5 nitrogen and oxygen atoms in total. The molecular formula is C10H17N3O2. The molecule has 5 heteroatoms. The van der Waals surface area contributed by atoms with Crippen molar-refractivity contribution in [1.29, 1.82) is 0 Å². The second-order valence-corrected chi connectivity index (χ2v) is 3.56. The van der Waals surface area contributed by atoms with Crippen LogP contribution in [0, 0.1) is 0 Å². The Morgan fingerprint density at radius 2 is 2.47 bits per heavy atom. The highest BCUT2D eigenvalue weighted by atomic mass is 16.3. The van der Waals surface area contributed by atoms with E-state index in [4.69, 9.17) is 0 Å². The minimum Gasteiger partial charge on any atom is -0.391 e. The van der Waals surface area contributed by atoms with Crippen molar-refractivity contribution >= 4 is 5.91 Å². The van der Waals surface area contributed by atoms with Crippen LogP contribution in [0.4, 0.5) is 0 Å². The highest BCUT2D eigenvalue weighted by Crippen LogP contribution is 1.97. The first kappa shape index (κ1) is 11.7. The van der Waals surface area contributed by atoms with Crippen molar-refractivity contribution in [2.45, 2.75) is 25.9 Å². The first-order valence-corrected chi connectivity index (χ1v) is 5.08. The maximum absolute atomic E-state index is 11.5. The van der Waals surface area contributed by atoms with Crippen LogP contribution < -0.4 is 5.32 Å². The molecule has 15 heavy (non-hydrogen) atoms. The summed E-state index contributed by atoms with van der Waals surface area (Å²) in [5.41, 5.74) is 0.515. The van der Waals surface area contributed by atoms with Gasteiger partial charge in [0.2, 0.25) is 0 Å². The van der Waals surface area contributed by atoms with Crippen molar-refractivity contribution in [2.75, 3.05) is 6.54 Å². The summed E-state index contributed by atoms with van der Waals surface area (Å²) in [6, 6.07) is 0. The van der Waals surface area contributed by atoms with Gasteiger partial charge in [-0.15, -0.1) is 0 Å². The van der Waals surface area contributed by atoms with Crippen LogP contribution >= 0.6 is 0 Å². The van der Waals surface area contributed by atoms with E-state index >= 15 is 0 Å². The van der Waals surface area contributed by atoms with E-state index in [-0.39, 0.29) is 5.91 Å². The SMILES string of the molecule is CCCC(O)CNC(=O)c1cnn(C)c1. The maximum Gasteiger partial charge on any atom is 0.254 e. The first-order chi connectivity index (χ1) is 7.13. The summed E-state index contributed by atoms with van der Waals surface area (Å²) in [5, 5.41) is 16.0. The molecule has 0 radical (unpaired) electrons. The molecule has 0 saturated carbocycles. The van der Waals surface area contributed by atoms with Gasteiger partial charge in [0.25, 0.3) is 5.91 Å². The molecule has 84 valence electrons. The number of nitrogens with zero attached hydrogens (tertiary/aromatic N) is 2. The van der Waals surface area contributed by atoms with Crippen molar-refractivity contribution in [2.24, 2.45) is 7.05 Å². The Kier molecular flexibility index (Phi) is 4.30. The molecule has 1 amide bonds. The third-order valence-electron chi connectivity index (χ3n) is 2.09. The summed E-state index contributed by atoms with van der Waals surface area (Å²) < 4.78 is 1.57. The van der Waals surface area contributed by atoms with Crippen molar-refractivity contribution in [3.8, 4) is 0 Å². The van der Waals surface area contributed by atoms with Gasteiger partial charge in [0.1, 0.15) is 0 Å². The minimum atomic E-state index is -0.462. The molecule has 0 aliphatic carbocycles. The number of amides is 1. The van der Waals surface area contributed by atoms with Gasteiger partial charge in [0, 0.05) is 19.8 Å². The summed E-state index contributed by atoms with van der Waals surface area (Å²) in [6.07, 6.45) is 4.29. The lowest BCUT2D eigenvalue weighted by molar-refractivity contribution is 0.0910. The molecule has 0 aliphatic heterocycles. The lowest BCUT2D eigenvalue weighted by atomic mass is 10.2. The molecule has 1 atom stereocenters. The van der Waals surface area contributed by atoms with E-state index < -0.39 is 6.10 Å². The standard InChI is InChI=1S/C10H17N3O2/c1-3-4-9(14)6-11-10(15)8-5-12-13(2)7-8/h5,7,9,14H,3-4,6H2,1-2H3,(H,11,15). The fourth-order valence-corrected chi connectivity index (χ4v) is 1.29. The Hall–Kier alpha value is -1.36. The number of rotatable bonds is 5. The zero-order valence-corrected chi connectivity index (χ0v) is 9.10. The predicted octanol–water partition coefficient (Wildman–Crippen LogP) is 0.311. The van der Waals surface area contributed by atoms with Gasteiger partial charge in [-0.05, 0) is 6.42 Å². The summed E-state index contributed by atoms with van der Waals surface area (Å²) in [5.74, 6) is -0.196. The molecule has 1 unspecified atom stereocenters. The molecule has 2 N–H and O–H groups in total. The van der Waals surface area contributed by atoms with Crippen LogP contribution in [-0.2, 0) is 7.05 Å². The Labute approximate surface area is 89.1 Å². The van der Waals surface area contributed by atoms with E-state index in [1.165, 1.54) is 6.20 Å². The normalized spacial score (nSPS) is 12.5. The largest absolute Gasteiger partial charge is 0.391 e. The van der Waals surface area contributed by atoms with E-state index in [0.29, 0.717) is 18.5 Å².